The van der Waals surface area contributed by atoms with Crippen molar-refractivity contribution >= 4 is 17.6 Å². The average molecular weight is 397 g/mol. The van der Waals surface area contributed by atoms with Crippen molar-refractivity contribution in [1.29, 1.82) is 0 Å². The fourth-order valence-corrected chi connectivity index (χ4v) is 3.08. The van der Waals surface area contributed by atoms with Crippen LogP contribution in [0, 0.1) is 6.92 Å². The molecule has 0 aliphatic carbocycles. The highest BCUT2D eigenvalue weighted by Crippen LogP contribution is 2.25. The van der Waals surface area contributed by atoms with Gasteiger partial charge in [-0.3, -0.25) is 10.1 Å². The lowest BCUT2D eigenvalue weighted by Gasteiger charge is -2.16. The first-order chi connectivity index (χ1) is 14.1. The van der Waals surface area contributed by atoms with E-state index in [0.717, 1.165) is 30.7 Å². The molecule has 1 atom stereocenters. The zero-order valence-electron chi connectivity index (χ0n) is 17.0. The van der Waals surface area contributed by atoms with Gasteiger partial charge >= 0.3 is 0 Å². The molecule has 1 saturated heterocycles. The van der Waals surface area contributed by atoms with Crippen LogP contribution in [0.15, 0.2) is 47.5 Å². The number of carbonyl (C=O) groups is 1. The summed E-state index contributed by atoms with van der Waals surface area (Å²) < 4.78 is 16.3. The molecule has 1 heterocycles. The Hall–Kier alpha value is -3.06. The smallest absolute Gasteiger partial charge is 0.258 e. The highest BCUT2D eigenvalue weighted by Gasteiger charge is 2.17. The largest absolute Gasteiger partial charge is 0.497 e. The maximum absolute atomic E-state index is 12.8. The summed E-state index contributed by atoms with van der Waals surface area (Å²) in [6, 6.07) is 12.7. The molecule has 2 aromatic rings. The summed E-state index contributed by atoms with van der Waals surface area (Å²) in [6.45, 7) is 3.21. The summed E-state index contributed by atoms with van der Waals surface area (Å²) in [5.74, 6) is 1.34. The molecule has 1 aliphatic rings. The molecule has 0 saturated carbocycles. The van der Waals surface area contributed by atoms with Crippen LogP contribution in [0.2, 0.25) is 0 Å². The lowest BCUT2D eigenvalue weighted by atomic mass is 10.2. The molecule has 0 radical (unpaired) electrons. The third-order valence-electron chi connectivity index (χ3n) is 4.65. The minimum atomic E-state index is -0.283. The monoisotopic (exact) mass is 397 g/mol. The number of aryl methyl sites for hydroxylation is 1. The number of hydrogen-bond donors (Lipinski definition) is 2. The molecule has 0 bridgehead atoms. The van der Waals surface area contributed by atoms with Crippen LogP contribution < -0.4 is 20.1 Å². The summed E-state index contributed by atoms with van der Waals surface area (Å²) in [5, 5.41) is 6.06. The molecule has 1 fully saturated rings. The van der Waals surface area contributed by atoms with Gasteiger partial charge in [0.15, 0.2) is 0 Å². The van der Waals surface area contributed by atoms with E-state index in [-0.39, 0.29) is 12.0 Å². The van der Waals surface area contributed by atoms with Crippen LogP contribution in [0.1, 0.15) is 28.8 Å². The topological polar surface area (TPSA) is 81.2 Å². The number of amides is 1. The van der Waals surface area contributed by atoms with Gasteiger partial charge in [-0.05, 0) is 55.7 Å². The molecule has 29 heavy (non-hydrogen) atoms. The van der Waals surface area contributed by atoms with Crippen LogP contribution in [0.5, 0.6) is 11.5 Å². The van der Waals surface area contributed by atoms with Gasteiger partial charge in [0.25, 0.3) is 5.91 Å². The van der Waals surface area contributed by atoms with E-state index in [0.29, 0.717) is 29.6 Å². The fourth-order valence-electron chi connectivity index (χ4n) is 3.08. The summed E-state index contributed by atoms with van der Waals surface area (Å²) in [5.41, 5.74) is 2.27. The van der Waals surface area contributed by atoms with Crippen LogP contribution in [0.25, 0.3) is 0 Å². The number of nitrogens with one attached hydrogen (secondary N) is 2. The van der Waals surface area contributed by atoms with E-state index < -0.39 is 0 Å². The van der Waals surface area contributed by atoms with Gasteiger partial charge in [0.1, 0.15) is 11.5 Å². The third kappa shape index (κ3) is 5.71. The molecule has 1 aliphatic heterocycles. The van der Waals surface area contributed by atoms with Crippen molar-refractivity contribution in [2.75, 3.05) is 32.7 Å². The van der Waals surface area contributed by atoms with Crippen LogP contribution in [-0.4, -0.2) is 45.3 Å². The van der Waals surface area contributed by atoms with Gasteiger partial charge in [-0.1, -0.05) is 12.1 Å². The second kappa shape index (κ2) is 9.93. The van der Waals surface area contributed by atoms with Crippen LogP contribution in [0.3, 0.4) is 0 Å². The number of nitrogens with zero attached hydrogens (tertiary/aromatic N) is 1. The standard InChI is InChI=1S/C22H27N3O4/c1-15-9-10-20(28-3)19(12-15)24-22(23-14-18-8-5-11-29-18)25-21(26)16-6-4-7-17(13-16)27-2/h4,6-7,9-10,12-13,18H,5,8,11,14H2,1-3H3,(H2,23,24,25,26)/t18-/m1/s1. The van der Waals surface area contributed by atoms with E-state index in [2.05, 4.69) is 15.6 Å². The molecule has 7 nitrogen and oxygen atoms in total. The molecule has 1 amide bonds. The highest BCUT2D eigenvalue weighted by atomic mass is 16.5. The van der Waals surface area contributed by atoms with Crippen molar-refractivity contribution in [2.24, 2.45) is 4.99 Å². The second-order valence-electron chi connectivity index (χ2n) is 6.84. The minimum absolute atomic E-state index is 0.0694. The first-order valence-corrected chi connectivity index (χ1v) is 9.62. The Kier molecular flexibility index (Phi) is 7.08. The number of rotatable bonds is 6. The Morgan fingerprint density at radius 2 is 2.07 bits per heavy atom. The molecule has 0 aromatic heterocycles. The molecule has 2 aromatic carbocycles. The SMILES string of the molecule is COc1cccc(C(=O)NC(=NC[C@H]2CCCO2)Nc2cc(C)ccc2OC)c1. The molecule has 3 rings (SSSR count). The quantitative estimate of drug-likeness (QED) is 0.577. The Morgan fingerprint density at radius 3 is 2.79 bits per heavy atom. The Morgan fingerprint density at radius 1 is 1.21 bits per heavy atom. The predicted octanol–water partition coefficient (Wildman–Crippen LogP) is 3.39. The molecular weight excluding hydrogens is 370 g/mol. The van der Waals surface area contributed by atoms with Gasteiger partial charge in [-0.2, -0.15) is 0 Å². The fraction of sp³-hybridized carbons (Fsp3) is 0.364. The molecular formula is C22H27N3O4. The number of ether oxygens (including phenoxy) is 3. The van der Waals surface area contributed by atoms with E-state index in [9.17, 15) is 4.79 Å². The average Bonchev–Trinajstić information content (AvgIpc) is 3.26. The lowest BCUT2D eigenvalue weighted by molar-refractivity contribution is 0.0975. The summed E-state index contributed by atoms with van der Waals surface area (Å²) in [6.07, 6.45) is 2.07. The van der Waals surface area contributed by atoms with Crippen molar-refractivity contribution < 1.29 is 19.0 Å². The van der Waals surface area contributed by atoms with Crippen LogP contribution >= 0.6 is 0 Å². The molecule has 154 valence electrons. The van der Waals surface area contributed by atoms with Gasteiger partial charge < -0.3 is 19.5 Å². The van der Waals surface area contributed by atoms with Crippen molar-refractivity contribution in [3.8, 4) is 11.5 Å². The zero-order chi connectivity index (χ0) is 20.6. The Labute approximate surface area is 171 Å². The predicted molar refractivity (Wildman–Crippen MR) is 113 cm³/mol. The summed E-state index contributed by atoms with van der Waals surface area (Å²) >= 11 is 0. The molecule has 0 spiro atoms. The molecule has 0 unspecified atom stereocenters. The Balaban J connectivity index is 1.81. The van der Waals surface area contributed by atoms with Gasteiger partial charge in [-0.25, -0.2) is 4.99 Å². The van der Waals surface area contributed by atoms with Crippen molar-refractivity contribution in [2.45, 2.75) is 25.9 Å². The maximum Gasteiger partial charge on any atom is 0.258 e. The molecule has 7 heteroatoms. The van der Waals surface area contributed by atoms with Crippen LogP contribution in [0.4, 0.5) is 5.69 Å². The van der Waals surface area contributed by atoms with Crippen molar-refractivity contribution in [3.63, 3.8) is 0 Å². The Bertz CT molecular complexity index is 876. The first-order valence-electron chi connectivity index (χ1n) is 9.62. The number of hydrogen-bond acceptors (Lipinski definition) is 5. The normalized spacial score (nSPS) is 16.4. The third-order valence-corrected chi connectivity index (χ3v) is 4.65. The lowest BCUT2D eigenvalue weighted by Crippen LogP contribution is -2.37. The zero-order valence-corrected chi connectivity index (χ0v) is 17.0. The van der Waals surface area contributed by atoms with Gasteiger partial charge in [0.2, 0.25) is 5.96 Å². The number of benzene rings is 2. The first kappa shape index (κ1) is 20.7. The van der Waals surface area contributed by atoms with Gasteiger partial charge in [0.05, 0.1) is 32.6 Å². The van der Waals surface area contributed by atoms with Crippen molar-refractivity contribution in [1.82, 2.24) is 5.32 Å². The van der Waals surface area contributed by atoms with Crippen LogP contribution in [-0.2, 0) is 4.74 Å². The number of anilines is 1. The number of carbonyl (C=O) groups excluding carboxylic acids is 1. The summed E-state index contributed by atoms with van der Waals surface area (Å²) in [4.78, 5) is 17.4. The number of methoxy groups -OCH3 is 2. The van der Waals surface area contributed by atoms with E-state index in [1.54, 1.807) is 38.5 Å². The second-order valence-corrected chi connectivity index (χ2v) is 6.84. The van der Waals surface area contributed by atoms with Gasteiger partial charge in [-0.15, -0.1) is 0 Å². The summed E-state index contributed by atoms with van der Waals surface area (Å²) in [7, 11) is 3.17. The molecule has 2 N–H and O–H groups in total. The van der Waals surface area contributed by atoms with E-state index in [1.165, 1.54) is 0 Å². The number of guanidine groups is 1. The maximum atomic E-state index is 12.8. The van der Waals surface area contributed by atoms with E-state index in [4.69, 9.17) is 14.2 Å². The number of aliphatic imine (C=N–C) groups is 1. The minimum Gasteiger partial charge on any atom is -0.497 e. The highest BCUT2D eigenvalue weighted by molar-refractivity contribution is 6.10. The van der Waals surface area contributed by atoms with E-state index >= 15 is 0 Å². The van der Waals surface area contributed by atoms with Gasteiger partial charge in [0, 0.05) is 12.2 Å². The van der Waals surface area contributed by atoms with E-state index in [1.807, 2.05) is 25.1 Å². The van der Waals surface area contributed by atoms with Crippen molar-refractivity contribution in [3.05, 3.63) is 53.6 Å².